The zero-order chi connectivity index (χ0) is 18.3. The third kappa shape index (κ3) is 2.76. The van der Waals surface area contributed by atoms with Gasteiger partial charge in [-0.1, -0.05) is 29.3 Å². The van der Waals surface area contributed by atoms with Crippen LogP contribution in [0.15, 0.2) is 24.5 Å². The molecule has 4 aromatic rings. The summed E-state index contributed by atoms with van der Waals surface area (Å²) < 4.78 is 18.9. The quantitative estimate of drug-likeness (QED) is 0.469. The third-order valence-electron chi connectivity index (χ3n) is 4.00. The van der Waals surface area contributed by atoms with Crippen LogP contribution in [0.1, 0.15) is 12.0 Å². The highest BCUT2D eigenvalue weighted by atomic mass is 35.5. The van der Waals surface area contributed by atoms with E-state index in [-0.39, 0.29) is 12.4 Å². The minimum atomic E-state index is -1.40. The Kier molecular flexibility index (Phi) is 4.39. The summed E-state index contributed by atoms with van der Waals surface area (Å²) in [5.74, 6) is 0.459. The highest BCUT2D eigenvalue weighted by molar-refractivity contribution is 6.45. The SMILES string of the molecule is COC[C@H](F)c1nnc(-c2[nH]c3c(Cl)c(Cl)ccc3c2-c2cn[nH]c2)[nH]1. The Bertz CT molecular complexity index is 1060. The lowest BCUT2D eigenvalue weighted by molar-refractivity contribution is 0.120. The van der Waals surface area contributed by atoms with Gasteiger partial charge in [-0.05, 0) is 6.07 Å². The largest absolute Gasteiger partial charge is 0.381 e. The topological polar surface area (TPSA) is 95.3 Å². The molecule has 1 aromatic carbocycles. The highest BCUT2D eigenvalue weighted by Crippen LogP contribution is 2.41. The molecule has 0 saturated heterocycles. The molecule has 134 valence electrons. The van der Waals surface area contributed by atoms with Gasteiger partial charge in [-0.2, -0.15) is 5.10 Å². The van der Waals surface area contributed by atoms with E-state index in [0.717, 1.165) is 16.5 Å². The van der Waals surface area contributed by atoms with Crippen molar-refractivity contribution in [3.8, 4) is 22.6 Å². The Hall–Kier alpha value is -2.42. The van der Waals surface area contributed by atoms with Crippen LogP contribution in [0.5, 0.6) is 0 Å². The van der Waals surface area contributed by atoms with E-state index in [2.05, 4.69) is 30.4 Å². The van der Waals surface area contributed by atoms with E-state index in [0.29, 0.717) is 27.1 Å². The number of hydrogen-bond acceptors (Lipinski definition) is 4. The number of nitrogens with zero attached hydrogens (tertiary/aromatic N) is 3. The van der Waals surface area contributed by atoms with E-state index in [1.807, 2.05) is 6.07 Å². The average Bonchev–Trinajstić information content (AvgIpc) is 3.36. The molecule has 0 aliphatic carbocycles. The van der Waals surface area contributed by atoms with Crippen molar-refractivity contribution in [2.24, 2.45) is 0 Å². The molecule has 0 radical (unpaired) electrons. The van der Waals surface area contributed by atoms with Gasteiger partial charge in [0, 0.05) is 29.8 Å². The summed E-state index contributed by atoms with van der Waals surface area (Å²) in [4.78, 5) is 6.11. The molecule has 0 fully saturated rings. The molecule has 0 unspecified atom stereocenters. The molecule has 4 rings (SSSR count). The van der Waals surface area contributed by atoms with Crippen LogP contribution in [-0.2, 0) is 4.74 Å². The summed E-state index contributed by atoms with van der Waals surface area (Å²) in [7, 11) is 1.42. The van der Waals surface area contributed by atoms with E-state index >= 15 is 0 Å². The van der Waals surface area contributed by atoms with Crippen LogP contribution < -0.4 is 0 Å². The summed E-state index contributed by atoms with van der Waals surface area (Å²) in [5, 5.41) is 16.4. The number of aromatic nitrogens is 6. The van der Waals surface area contributed by atoms with Crippen molar-refractivity contribution in [1.82, 2.24) is 30.4 Å². The number of halogens is 3. The second-order valence-corrected chi connectivity index (χ2v) is 6.41. The molecule has 0 aliphatic rings. The lowest BCUT2D eigenvalue weighted by Crippen LogP contribution is -2.02. The van der Waals surface area contributed by atoms with Gasteiger partial charge in [0.1, 0.15) is 0 Å². The number of fused-ring (bicyclic) bond motifs is 1. The molecule has 0 aliphatic heterocycles. The van der Waals surface area contributed by atoms with E-state index in [1.165, 1.54) is 7.11 Å². The first-order chi connectivity index (χ1) is 12.6. The number of methoxy groups -OCH3 is 1. The standard InChI is InChI=1S/C16H13Cl2FN6O/c1-26-6-10(19)15-23-16(25-24-15)14-11(7-4-20-21-5-7)8-2-3-9(17)12(18)13(8)22-14/h2-5,10,22H,6H2,1H3,(H,20,21)(H,23,24,25)/t10-/m0/s1. The van der Waals surface area contributed by atoms with Crippen molar-refractivity contribution in [2.45, 2.75) is 6.17 Å². The Labute approximate surface area is 156 Å². The van der Waals surface area contributed by atoms with Crippen LogP contribution >= 0.6 is 23.2 Å². The van der Waals surface area contributed by atoms with Crippen LogP contribution in [0, 0.1) is 0 Å². The van der Waals surface area contributed by atoms with E-state index in [9.17, 15) is 4.39 Å². The van der Waals surface area contributed by atoms with Crippen molar-refractivity contribution in [2.75, 3.05) is 13.7 Å². The van der Waals surface area contributed by atoms with Crippen LogP contribution in [0.3, 0.4) is 0 Å². The van der Waals surface area contributed by atoms with Crippen molar-refractivity contribution in [1.29, 1.82) is 0 Å². The molecule has 0 bridgehead atoms. The number of hydrogen-bond donors (Lipinski definition) is 3. The fourth-order valence-electron chi connectivity index (χ4n) is 2.82. The molecule has 0 spiro atoms. The number of benzene rings is 1. The van der Waals surface area contributed by atoms with E-state index in [1.54, 1.807) is 18.5 Å². The number of H-pyrrole nitrogens is 3. The molecule has 3 aromatic heterocycles. The fraction of sp³-hybridized carbons (Fsp3) is 0.188. The monoisotopic (exact) mass is 394 g/mol. The van der Waals surface area contributed by atoms with Crippen molar-refractivity contribution >= 4 is 34.1 Å². The average molecular weight is 395 g/mol. The normalized spacial score (nSPS) is 12.8. The van der Waals surface area contributed by atoms with Crippen LogP contribution in [0.25, 0.3) is 33.5 Å². The first kappa shape index (κ1) is 17.0. The molecule has 3 heterocycles. The van der Waals surface area contributed by atoms with Crippen molar-refractivity contribution < 1.29 is 9.13 Å². The number of alkyl halides is 1. The maximum atomic E-state index is 14.0. The second-order valence-electron chi connectivity index (χ2n) is 5.63. The van der Waals surface area contributed by atoms with Crippen LogP contribution in [-0.4, -0.2) is 44.1 Å². The summed E-state index contributed by atoms with van der Waals surface area (Å²) in [6, 6.07) is 3.57. The summed E-state index contributed by atoms with van der Waals surface area (Å²) >= 11 is 12.5. The lowest BCUT2D eigenvalue weighted by Gasteiger charge is -2.02. The first-order valence-corrected chi connectivity index (χ1v) is 8.40. The van der Waals surface area contributed by atoms with Gasteiger partial charge in [0.2, 0.25) is 0 Å². The predicted octanol–water partition coefficient (Wildman–Crippen LogP) is 4.31. The van der Waals surface area contributed by atoms with Gasteiger partial charge < -0.3 is 14.7 Å². The Morgan fingerprint density at radius 2 is 2.08 bits per heavy atom. The molecule has 1 atom stereocenters. The second kappa shape index (κ2) is 6.71. The van der Waals surface area contributed by atoms with Gasteiger partial charge in [-0.3, -0.25) is 5.10 Å². The van der Waals surface area contributed by atoms with E-state index < -0.39 is 6.17 Å². The van der Waals surface area contributed by atoms with Crippen molar-refractivity contribution in [3.05, 3.63) is 40.4 Å². The lowest BCUT2D eigenvalue weighted by atomic mass is 10.0. The number of aromatic amines is 3. The summed E-state index contributed by atoms with van der Waals surface area (Å²) in [6.45, 7) is -0.114. The van der Waals surface area contributed by atoms with E-state index in [4.69, 9.17) is 27.9 Å². The van der Waals surface area contributed by atoms with Gasteiger partial charge in [-0.25, -0.2) is 4.39 Å². The molecule has 10 heteroatoms. The molecule has 26 heavy (non-hydrogen) atoms. The van der Waals surface area contributed by atoms with Crippen LogP contribution in [0.2, 0.25) is 10.0 Å². The van der Waals surface area contributed by atoms with Gasteiger partial charge in [-0.15, -0.1) is 10.2 Å². The molecule has 7 nitrogen and oxygen atoms in total. The molecule has 3 N–H and O–H groups in total. The van der Waals surface area contributed by atoms with Crippen LogP contribution in [0.4, 0.5) is 4.39 Å². The molecular weight excluding hydrogens is 382 g/mol. The van der Waals surface area contributed by atoms with Gasteiger partial charge in [0.05, 0.1) is 34.1 Å². The molecular formula is C16H13Cl2FN6O. The minimum Gasteiger partial charge on any atom is -0.381 e. The minimum absolute atomic E-state index is 0.0859. The number of ether oxygens (including phenoxy) is 1. The Morgan fingerprint density at radius 3 is 2.81 bits per heavy atom. The molecule has 0 saturated carbocycles. The number of nitrogens with one attached hydrogen (secondary N) is 3. The van der Waals surface area contributed by atoms with Gasteiger partial charge >= 0.3 is 0 Å². The summed E-state index contributed by atoms with van der Waals surface area (Å²) in [5.41, 5.74) is 2.87. The highest BCUT2D eigenvalue weighted by Gasteiger charge is 2.22. The summed E-state index contributed by atoms with van der Waals surface area (Å²) in [6.07, 6.45) is 2.02. The molecule has 0 amide bonds. The Balaban J connectivity index is 1.92. The Morgan fingerprint density at radius 1 is 1.23 bits per heavy atom. The first-order valence-electron chi connectivity index (χ1n) is 7.65. The maximum absolute atomic E-state index is 14.0. The maximum Gasteiger partial charge on any atom is 0.182 e. The van der Waals surface area contributed by atoms with Gasteiger partial charge in [0.25, 0.3) is 0 Å². The van der Waals surface area contributed by atoms with Crippen molar-refractivity contribution in [3.63, 3.8) is 0 Å². The zero-order valence-electron chi connectivity index (χ0n) is 13.5. The number of rotatable bonds is 5. The zero-order valence-corrected chi connectivity index (χ0v) is 15.0. The fourth-order valence-corrected chi connectivity index (χ4v) is 3.19. The smallest absolute Gasteiger partial charge is 0.182 e. The van der Waals surface area contributed by atoms with Gasteiger partial charge in [0.15, 0.2) is 17.8 Å². The predicted molar refractivity (Wildman–Crippen MR) is 97.0 cm³/mol. The third-order valence-corrected chi connectivity index (χ3v) is 4.81.